The Morgan fingerprint density at radius 2 is 1.88 bits per heavy atom. The van der Waals surface area contributed by atoms with Crippen LogP contribution >= 0.6 is 0 Å². The maximum atomic E-state index is 12.8. The van der Waals surface area contributed by atoms with Crippen molar-refractivity contribution in [1.29, 1.82) is 0 Å². The number of benzene rings is 2. The molecule has 1 aliphatic heterocycles. The first-order chi connectivity index (χ1) is 12.3. The number of nitrogens with one attached hydrogen (secondary N) is 1. The first-order valence-corrected chi connectivity index (χ1v) is 10.4. The van der Waals surface area contributed by atoms with Crippen molar-refractivity contribution in [2.24, 2.45) is 0 Å². The predicted molar refractivity (Wildman–Crippen MR) is 105 cm³/mol. The van der Waals surface area contributed by atoms with E-state index in [1.165, 1.54) is 4.31 Å². The van der Waals surface area contributed by atoms with Crippen LogP contribution in [-0.4, -0.2) is 26.6 Å². The number of hydrogen-bond acceptors (Lipinski definition) is 3. The van der Waals surface area contributed by atoms with Crippen LogP contribution in [-0.2, 0) is 10.0 Å². The van der Waals surface area contributed by atoms with Crippen molar-refractivity contribution in [1.82, 2.24) is 0 Å². The Labute approximate surface area is 155 Å². The Kier molecular flexibility index (Phi) is 5.05. The van der Waals surface area contributed by atoms with E-state index in [9.17, 15) is 13.2 Å². The van der Waals surface area contributed by atoms with Gasteiger partial charge in [-0.2, -0.15) is 0 Å². The second kappa shape index (κ2) is 7.11. The van der Waals surface area contributed by atoms with Crippen LogP contribution in [0.5, 0.6) is 0 Å². The highest BCUT2D eigenvalue weighted by Gasteiger charge is 2.28. The first kappa shape index (κ1) is 18.5. The molecule has 1 amide bonds. The fourth-order valence-corrected chi connectivity index (χ4v) is 4.82. The Morgan fingerprint density at radius 3 is 2.54 bits per heavy atom. The highest BCUT2D eigenvalue weighted by atomic mass is 32.2. The van der Waals surface area contributed by atoms with Crippen LogP contribution in [0.1, 0.15) is 47.7 Å². The summed E-state index contributed by atoms with van der Waals surface area (Å²) in [4.78, 5) is 12.8. The summed E-state index contributed by atoms with van der Waals surface area (Å²) in [6.07, 6.45) is 0.611. The number of aryl methyl sites for hydroxylation is 1. The van der Waals surface area contributed by atoms with Gasteiger partial charge in [0.05, 0.1) is 11.4 Å². The lowest BCUT2D eigenvalue weighted by atomic mass is 9.98. The van der Waals surface area contributed by atoms with Crippen molar-refractivity contribution in [3.05, 3.63) is 59.2 Å². The lowest BCUT2D eigenvalue weighted by Gasteiger charge is -2.19. The standard InChI is InChI=1S/C20H24N2O3S/c1-14(2)18-10-4-7-15(3)19(18)21-20(23)16-8-5-9-17(13-16)22-11-6-12-26(22,24)25/h4-5,7-10,13-14H,6,11-12H2,1-3H3,(H,21,23). The van der Waals surface area contributed by atoms with Gasteiger partial charge in [-0.1, -0.05) is 38.1 Å². The molecule has 1 fully saturated rings. The summed E-state index contributed by atoms with van der Waals surface area (Å²) in [6, 6.07) is 12.8. The van der Waals surface area contributed by atoms with Gasteiger partial charge in [0.15, 0.2) is 0 Å². The fraction of sp³-hybridized carbons (Fsp3) is 0.350. The third kappa shape index (κ3) is 3.60. The summed E-state index contributed by atoms with van der Waals surface area (Å²) in [6.45, 7) is 6.60. The van der Waals surface area contributed by atoms with Crippen molar-refractivity contribution in [2.75, 3.05) is 21.9 Å². The number of hydrogen-bond donors (Lipinski definition) is 1. The lowest BCUT2D eigenvalue weighted by molar-refractivity contribution is 0.102. The number of rotatable bonds is 4. The average Bonchev–Trinajstić information content (AvgIpc) is 2.95. The van der Waals surface area contributed by atoms with Crippen molar-refractivity contribution >= 4 is 27.3 Å². The third-order valence-electron chi connectivity index (χ3n) is 4.66. The number of carbonyl (C=O) groups excluding carboxylic acids is 1. The lowest BCUT2D eigenvalue weighted by Crippen LogP contribution is -2.25. The SMILES string of the molecule is Cc1cccc(C(C)C)c1NC(=O)c1cccc(N2CCCS2(=O)=O)c1. The normalized spacial score (nSPS) is 16.1. The van der Waals surface area contributed by atoms with E-state index in [0.717, 1.165) is 16.8 Å². The van der Waals surface area contributed by atoms with Crippen LogP contribution in [0.15, 0.2) is 42.5 Å². The molecule has 1 heterocycles. The first-order valence-electron chi connectivity index (χ1n) is 8.81. The van der Waals surface area contributed by atoms with E-state index in [0.29, 0.717) is 24.2 Å². The van der Waals surface area contributed by atoms with E-state index in [-0.39, 0.29) is 17.6 Å². The molecule has 0 unspecified atom stereocenters. The molecule has 5 nitrogen and oxygen atoms in total. The van der Waals surface area contributed by atoms with Crippen molar-refractivity contribution < 1.29 is 13.2 Å². The molecule has 0 aliphatic carbocycles. The van der Waals surface area contributed by atoms with Gasteiger partial charge in [0.1, 0.15) is 0 Å². The molecule has 6 heteroatoms. The minimum absolute atomic E-state index is 0.157. The van der Waals surface area contributed by atoms with Gasteiger partial charge in [-0.05, 0) is 48.6 Å². The molecule has 0 atom stereocenters. The molecule has 0 saturated carbocycles. The quantitative estimate of drug-likeness (QED) is 0.885. The third-order valence-corrected chi connectivity index (χ3v) is 6.53. The molecular formula is C20H24N2O3S. The zero-order valence-corrected chi connectivity index (χ0v) is 16.1. The van der Waals surface area contributed by atoms with Gasteiger partial charge in [-0.3, -0.25) is 9.10 Å². The molecule has 0 radical (unpaired) electrons. The van der Waals surface area contributed by atoms with E-state index < -0.39 is 10.0 Å². The van der Waals surface area contributed by atoms with Crippen LogP contribution in [0, 0.1) is 6.92 Å². The van der Waals surface area contributed by atoms with Crippen molar-refractivity contribution in [3.8, 4) is 0 Å². The largest absolute Gasteiger partial charge is 0.321 e. The Morgan fingerprint density at radius 1 is 1.15 bits per heavy atom. The van der Waals surface area contributed by atoms with Gasteiger partial charge in [0.2, 0.25) is 10.0 Å². The number of nitrogens with zero attached hydrogens (tertiary/aromatic N) is 1. The molecule has 3 rings (SSSR count). The predicted octanol–water partition coefficient (Wildman–Crippen LogP) is 3.91. The molecule has 26 heavy (non-hydrogen) atoms. The van der Waals surface area contributed by atoms with Crippen LogP contribution in [0.2, 0.25) is 0 Å². The molecule has 0 bridgehead atoms. The van der Waals surface area contributed by atoms with Crippen molar-refractivity contribution in [2.45, 2.75) is 33.1 Å². The zero-order chi connectivity index (χ0) is 18.9. The zero-order valence-electron chi connectivity index (χ0n) is 15.3. The molecular weight excluding hydrogens is 348 g/mol. The summed E-state index contributed by atoms with van der Waals surface area (Å²) in [5, 5.41) is 3.01. The van der Waals surface area contributed by atoms with Crippen LogP contribution < -0.4 is 9.62 Å². The van der Waals surface area contributed by atoms with Crippen LogP contribution in [0.4, 0.5) is 11.4 Å². The van der Waals surface area contributed by atoms with Gasteiger partial charge in [-0.15, -0.1) is 0 Å². The van der Waals surface area contributed by atoms with Gasteiger partial charge < -0.3 is 5.32 Å². The van der Waals surface area contributed by atoms with Crippen LogP contribution in [0.25, 0.3) is 0 Å². The molecule has 1 aliphatic rings. The van der Waals surface area contributed by atoms with E-state index >= 15 is 0 Å². The minimum atomic E-state index is -3.26. The Balaban J connectivity index is 1.90. The maximum Gasteiger partial charge on any atom is 0.255 e. The number of amides is 1. The van der Waals surface area contributed by atoms with Gasteiger partial charge in [-0.25, -0.2) is 8.42 Å². The van der Waals surface area contributed by atoms with Gasteiger partial charge in [0.25, 0.3) is 5.91 Å². The van der Waals surface area contributed by atoms with Gasteiger partial charge in [0, 0.05) is 17.8 Å². The highest BCUT2D eigenvalue weighted by Crippen LogP contribution is 2.29. The van der Waals surface area contributed by atoms with Gasteiger partial charge >= 0.3 is 0 Å². The molecule has 0 spiro atoms. The van der Waals surface area contributed by atoms with E-state index in [1.54, 1.807) is 24.3 Å². The second-order valence-electron chi connectivity index (χ2n) is 6.94. The Bertz CT molecular complexity index is 936. The maximum absolute atomic E-state index is 12.8. The minimum Gasteiger partial charge on any atom is -0.321 e. The molecule has 2 aromatic rings. The summed E-state index contributed by atoms with van der Waals surface area (Å²) in [7, 11) is -3.26. The number of anilines is 2. The number of para-hydroxylation sites is 1. The second-order valence-corrected chi connectivity index (χ2v) is 8.95. The average molecular weight is 372 g/mol. The van der Waals surface area contributed by atoms with Crippen molar-refractivity contribution in [3.63, 3.8) is 0 Å². The molecule has 138 valence electrons. The summed E-state index contributed by atoms with van der Waals surface area (Å²) >= 11 is 0. The summed E-state index contributed by atoms with van der Waals surface area (Å²) < 4.78 is 25.6. The number of sulfonamides is 1. The molecule has 0 aromatic heterocycles. The monoisotopic (exact) mass is 372 g/mol. The number of carbonyl (C=O) groups is 1. The van der Waals surface area contributed by atoms with Crippen LogP contribution in [0.3, 0.4) is 0 Å². The highest BCUT2D eigenvalue weighted by molar-refractivity contribution is 7.93. The topological polar surface area (TPSA) is 66.5 Å². The fourth-order valence-electron chi connectivity index (χ4n) is 3.26. The Hall–Kier alpha value is -2.34. The summed E-state index contributed by atoms with van der Waals surface area (Å²) in [5.41, 5.74) is 3.90. The van der Waals surface area contributed by atoms with E-state index in [4.69, 9.17) is 0 Å². The molecule has 1 N–H and O–H groups in total. The smallest absolute Gasteiger partial charge is 0.255 e. The van der Waals surface area contributed by atoms with E-state index in [1.807, 2.05) is 25.1 Å². The molecule has 1 saturated heterocycles. The molecule has 2 aromatic carbocycles. The van der Waals surface area contributed by atoms with E-state index in [2.05, 4.69) is 19.2 Å². The summed E-state index contributed by atoms with van der Waals surface area (Å²) in [5.74, 6) is 0.204.